The number of benzene rings is 2. The van der Waals surface area contributed by atoms with E-state index < -0.39 is 0 Å². The molecule has 1 aromatic heterocycles. The summed E-state index contributed by atoms with van der Waals surface area (Å²) in [6.45, 7) is 2.13. The van der Waals surface area contributed by atoms with Gasteiger partial charge >= 0.3 is 0 Å². The van der Waals surface area contributed by atoms with E-state index in [0.717, 1.165) is 16.7 Å². The Kier molecular flexibility index (Phi) is 5.20. The maximum Gasteiger partial charge on any atom is 0.226 e. The molecule has 0 saturated carbocycles. The molecule has 7 heteroatoms. The van der Waals surface area contributed by atoms with Gasteiger partial charge in [-0.15, -0.1) is 0 Å². The quantitative estimate of drug-likeness (QED) is 0.729. The second-order valence-electron chi connectivity index (χ2n) is 6.93. The fourth-order valence-corrected chi connectivity index (χ4v) is 3.50. The average Bonchev–Trinajstić information content (AvgIpc) is 3.22. The molecular weight excluding hydrogens is 366 g/mol. The molecule has 1 aliphatic heterocycles. The van der Waals surface area contributed by atoms with Crippen LogP contribution in [0.15, 0.2) is 67.4 Å². The van der Waals surface area contributed by atoms with Crippen LogP contribution >= 0.6 is 0 Å². The van der Waals surface area contributed by atoms with Gasteiger partial charge in [0.2, 0.25) is 11.8 Å². The minimum atomic E-state index is -0.319. The van der Waals surface area contributed by atoms with Crippen molar-refractivity contribution in [1.29, 1.82) is 0 Å². The third kappa shape index (κ3) is 4.24. The Morgan fingerprint density at radius 3 is 2.62 bits per heavy atom. The van der Waals surface area contributed by atoms with E-state index in [0.29, 0.717) is 12.2 Å². The molecule has 0 saturated heterocycles. The number of carbonyl (C=O) groups excluding carboxylic acids is 2. The van der Waals surface area contributed by atoms with Gasteiger partial charge in [0.1, 0.15) is 12.7 Å². The van der Waals surface area contributed by atoms with Gasteiger partial charge in [-0.1, -0.05) is 36.4 Å². The summed E-state index contributed by atoms with van der Waals surface area (Å²) >= 11 is 0. The molecule has 2 aromatic carbocycles. The molecule has 0 aliphatic carbocycles. The third-order valence-electron chi connectivity index (χ3n) is 4.90. The number of amides is 2. The van der Waals surface area contributed by atoms with Crippen molar-refractivity contribution in [3.05, 3.63) is 84.1 Å². The van der Waals surface area contributed by atoms with Crippen molar-refractivity contribution >= 4 is 23.6 Å². The summed E-state index contributed by atoms with van der Waals surface area (Å²) in [7, 11) is 0. The SMILES string of the molecule is CC(=O)N1C=Cc2ccccc2[C@H]1CC(=O)Nc1ccc(Cn2cncn2)cc1. The van der Waals surface area contributed by atoms with Crippen molar-refractivity contribution in [1.82, 2.24) is 19.7 Å². The largest absolute Gasteiger partial charge is 0.326 e. The van der Waals surface area contributed by atoms with Gasteiger partial charge in [-0.2, -0.15) is 5.10 Å². The number of fused-ring (bicyclic) bond motifs is 1. The van der Waals surface area contributed by atoms with E-state index >= 15 is 0 Å². The smallest absolute Gasteiger partial charge is 0.226 e. The Morgan fingerprint density at radius 1 is 1.10 bits per heavy atom. The molecule has 7 nitrogen and oxygen atoms in total. The summed E-state index contributed by atoms with van der Waals surface area (Å²) < 4.78 is 1.73. The molecule has 0 unspecified atom stereocenters. The van der Waals surface area contributed by atoms with E-state index in [-0.39, 0.29) is 24.3 Å². The molecule has 1 N–H and O–H groups in total. The van der Waals surface area contributed by atoms with Crippen LogP contribution in [0.2, 0.25) is 0 Å². The van der Waals surface area contributed by atoms with E-state index in [9.17, 15) is 9.59 Å². The van der Waals surface area contributed by atoms with Gasteiger partial charge in [0, 0.05) is 18.8 Å². The number of hydrogen-bond acceptors (Lipinski definition) is 4. The minimum absolute atomic E-state index is 0.0917. The van der Waals surface area contributed by atoms with Crippen molar-refractivity contribution in [3.8, 4) is 0 Å². The van der Waals surface area contributed by atoms with Crippen molar-refractivity contribution in [2.45, 2.75) is 25.9 Å². The Labute approximate surface area is 168 Å². The molecule has 1 atom stereocenters. The lowest BCUT2D eigenvalue weighted by Crippen LogP contribution is -2.33. The molecule has 146 valence electrons. The Balaban J connectivity index is 1.44. The fraction of sp³-hybridized carbons (Fsp3) is 0.182. The van der Waals surface area contributed by atoms with Crippen molar-refractivity contribution in [3.63, 3.8) is 0 Å². The highest BCUT2D eigenvalue weighted by molar-refractivity contribution is 5.92. The van der Waals surface area contributed by atoms with Gasteiger partial charge in [-0.3, -0.25) is 9.59 Å². The topological polar surface area (TPSA) is 80.1 Å². The summed E-state index contributed by atoms with van der Waals surface area (Å²) in [6, 6.07) is 15.1. The van der Waals surface area contributed by atoms with Gasteiger partial charge in [0.15, 0.2) is 0 Å². The first-order valence-corrected chi connectivity index (χ1v) is 9.37. The van der Waals surface area contributed by atoms with Crippen LogP contribution in [0.4, 0.5) is 5.69 Å². The van der Waals surface area contributed by atoms with Gasteiger partial charge in [0.05, 0.1) is 19.0 Å². The van der Waals surface area contributed by atoms with Crippen LogP contribution in [0, 0.1) is 0 Å². The highest BCUT2D eigenvalue weighted by Crippen LogP contribution is 2.33. The molecule has 0 radical (unpaired) electrons. The molecule has 2 heterocycles. The molecule has 0 spiro atoms. The lowest BCUT2D eigenvalue weighted by atomic mass is 9.93. The zero-order valence-corrected chi connectivity index (χ0v) is 16.0. The number of rotatable bonds is 5. The van der Waals surface area contributed by atoms with Crippen molar-refractivity contribution in [2.75, 3.05) is 5.32 Å². The zero-order valence-electron chi connectivity index (χ0n) is 16.0. The van der Waals surface area contributed by atoms with Gasteiger partial charge in [-0.25, -0.2) is 9.67 Å². The van der Waals surface area contributed by atoms with Crippen molar-refractivity contribution in [2.24, 2.45) is 0 Å². The fourth-order valence-electron chi connectivity index (χ4n) is 3.50. The lowest BCUT2D eigenvalue weighted by Gasteiger charge is -2.32. The van der Waals surface area contributed by atoms with Gasteiger partial charge in [0.25, 0.3) is 0 Å². The molecule has 0 bridgehead atoms. The molecular formula is C22H21N5O2. The number of hydrogen-bond donors (Lipinski definition) is 1. The van der Waals surface area contributed by atoms with Crippen LogP contribution < -0.4 is 5.32 Å². The number of nitrogens with zero attached hydrogens (tertiary/aromatic N) is 4. The molecule has 4 rings (SSSR count). The Bertz CT molecular complexity index is 1040. The molecule has 0 fully saturated rings. The van der Waals surface area contributed by atoms with E-state index in [1.807, 2.05) is 54.6 Å². The standard InChI is InChI=1S/C22H21N5O2/c1-16(28)27-11-10-18-4-2-3-5-20(18)21(27)12-22(29)25-19-8-6-17(7-9-19)13-26-15-23-14-24-26/h2-11,14-15,21H,12-13H2,1H3,(H,25,29)/t21-/m1/s1. The van der Waals surface area contributed by atoms with E-state index in [1.165, 1.54) is 13.3 Å². The minimum Gasteiger partial charge on any atom is -0.326 e. The van der Waals surface area contributed by atoms with Crippen LogP contribution in [0.1, 0.15) is 36.1 Å². The first-order valence-electron chi connectivity index (χ1n) is 9.37. The molecule has 29 heavy (non-hydrogen) atoms. The zero-order chi connectivity index (χ0) is 20.2. The van der Waals surface area contributed by atoms with Gasteiger partial charge < -0.3 is 10.2 Å². The van der Waals surface area contributed by atoms with Crippen LogP contribution in [0.25, 0.3) is 6.08 Å². The Hall–Kier alpha value is -3.74. The van der Waals surface area contributed by atoms with Crippen LogP contribution in [-0.2, 0) is 16.1 Å². The third-order valence-corrected chi connectivity index (χ3v) is 4.90. The summed E-state index contributed by atoms with van der Waals surface area (Å²) in [5.41, 5.74) is 3.78. The highest BCUT2D eigenvalue weighted by atomic mass is 16.2. The van der Waals surface area contributed by atoms with Crippen LogP contribution in [0.5, 0.6) is 0 Å². The molecule has 3 aromatic rings. The second kappa shape index (κ2) is 8.10. The number of aromatic nitrogens is 3. The number of carbonyl (C=O) groups is 2. The van der Waals surface area contributed by atoms with Gasteiger partial charge in [-0.05, 0) is 34.9 Å². The summed E-state index contributed by atoms with van der Waals surface area (Å²) in [4.78, 5) is 30.3. The van der Waals surface area contributed by atoms with E-state index in [2.05, 4.69) is 15.4 Å². The van der Waals surface area contributed by atoms with Crippen LogP contribution in [0.3, 0.4) is 0 Å². The number of nitrogens with one attached hydrogen (secondary N) is 1. The summed E-state index contributed by atoms with van der Waals surface area (Å²) in [5.74, 6) is -0.235. The first-order chi connectivity index (χ1) is 14.1. The number of anilines is 1. The summed E-state index contributed by atoms with van der Waals surface area (Å²) in [6.07, 6.45) is 6.99. The predicted molar refractivity (Wildman–Crippen MR) is 110 cm³/mol. The molecule has 2 amide bonds. The van der Waals surface area contributed by atoms with E-state index in [4.69, 9.17) is 0 Å². The predicted octanol–water partition coefficient (Wildman–Crippen LogP) is 3.23. The highest BCUT2D eigenvalue weighted by Gasteiger charge is 2.28. The first kappa shape index (κ1) is 18.6. The Morgan fingerprint density at radius 2 is 1.90 bits per heavy atom. The van der Waals surface area contributed by atoms with Crippen molar-refractivity contribution < 1.29 is 9.59 Å². The maximum atomic E-state index is 12.7. The monoisotopic (exact) mass is 387 g/mol. The summed E-state index contributed by atoms with van der Waals surface area (Å²) in [5, 5.41) is 7.02. The molecule has 1 aliphatic rings. The lowest BCUT2D eigenvalue weighted by molar-refractivity contribution is -0.129. The average molecular weight is 387 g/mol. The van der Waals surface area contributed by atoms with Crippen LogP contribution in [-0.4, -0.2) is 31.5 Å². The second-order valence-corrected chi connectivity index (χ2v) is 6.93. The maximum absolute atomic E-state index is 12.7. The van der Waals surface area contributed by atoms with E-state index in [1.54, 1.807) is 22.1 Å². The normalized spacial score (nSPS) is 15.1.